The molecule has 1 aliphatic rings. The van der Waals surface area contributed by atoms with E-state index in [0.717, 1.165) is 12.0 Å². The zero-order valence-electron chi connectivity index (χ0n) is 9.43. The number of benzene rings is 1. The van der Waals surface area contributed by atoms with Crippen molar-refractivity contribution >= 4 is 11.9 Å². The van der Waals surface area contributed by atoms with E-state index < -0.39 is 12.2 Å². The van der Waals surface area contributed by atoms with E-state index in [9.17, 15) is 9.59 Å². The summed E-state index contributed by atoms with van der Waals surface area (Å²) in [5.74, 6) is -0.307. The molecule has 90 valence electrons. The van der Waals surface area contributed by atoms with Gasteiger partial charge in [0.25, 0.3) is 0 Å². The van der Waals surface area contributed by atoms with E-state index in [-0.39, 0.29) is 12.3 Å². The van der Waals surface area contributed by atoms with Crippen LogP contribution >= 0.6 is 0 Å². The largest absolute Gasteiger partial charge is 0.325 e. The molecule has 2 rings (SSSR count). The van der Waals surface area contributed by atoms with Crippen molar-refractivity contribution in [1.29, 1.82) is 0 Å². The molecule has 1 aliphatic heterocycles. The summed E-state index contributed by atoms with van der Waals surface area (Å²) in [7, 11) is 0. The summed E-state index contributed by atoms with van der Waals surface area (Å²) in [6.07, 6.45) is 0.386. The monoisotopic (exact) mass is 233 g/mol. The average Bonchev–Trinajstić information content (AvgIpc) is 2.29. The third kappa shape index (κ3) is 2.82. The van der Waals surface area contributed by atoms with Gasteiger partial charge in [0.05, 0.1) is 12.6 Å². The molecule has 1 heterocycles. The van der Waals surface area contributed by atoms with Gasteiger partial charge in [-0.3, -0.25) is 10.1 Å². The number of hydrogen-bond donors (Lipinski definition) is 2. The van der Waals surface area contributed by atoms with E-state index in [4.69, 9.17) is 5.73 Å². The summed E-state index contributed by atoms with van der Waals surface area (Å²) >= 11 is 0. The minimum atomic E-state index is -0.514. The highest BCUT2D eigenvalue weighted by Gasteiger charge is 2.29. The van der Waals surface area contributed by atoms with Crippen LogP contribution in [0.5, 0.6) is 0 Å². The first-order valence-electron chi connectivity index (χ1n) is 5.57. The van der Waals surface area contributed by atoms with Crippen molar-refractivity contribution in [3.63, 3.8) is 0 Å². The first kappa shape index (κ1) is 11.6. The van der Waals surface area contributed by atoms with Gasteiger partial charge >= 0.3 is 6.03 Å². The summed E-state index contributed by atoms with van der Waals surface area (Å²) in [5, 5.41) is 2.26. The zero-order chi connectivity index (χ0) is 12.3. The summed E-state index contributed by atoms with van der Waals surface area (Å²) in [5.41, 5.74) is 6.91. The Morgan fingerprint density at radius 3 is 2.65 bits per heavy atom. The number of urea groups is 1. The molecule has 1 atom stereocenters. The Kier molecular flexibility index (Phi) is 3.39. The number of carbonyl (C=O) groups excluding carboxylic acids is 2. The van der Waals surface area contributed by atoms with Gasteiger partial charge in [-0.2, -0.15) is 0 Å². The van der Waals surface area contributed by atoms with Gasteiger partial charge in [-0.15, -0.1) is 0 Å². The third-order valence-electron chi connectivity index (χ3n) is 2.79. The number of carbonyl (C=O) groups is 2. The van der Waals surface area contributed by atoms with E-state index in [1.54, 1.807) is 0 Å². The number of rotatable bonds is 3. The van der Waals surface area contributed by atoms with Crippen LogP contribution in [-0.2, 0) is 11.2 Å². The second-order valence-corrected chi connectivity index (χ2v) is 4.05. The number of amides is 3. The first-order chi connectivity index (χ1) is 8.16. The predicted octanol–water partition coefficient (Wildman–Crippen LogP) is 0.456. The first-order valence-corrected chi connectivity index (χ1v) is 5.57. The van der Waals surface area contributed by atoms with E-state index in [1.807, 2.05) is 30.3 Å². The molecular formula is C12H15N3O2. The lowest BCUT2D eigenvalue weighted by Gasteiger charge is -2.32. The van der Waals surface area contributed by atoms with Crippen LogP contribution in [0.15, 0.2) is 30.3 Å². The summed E-state index contributed by atoms with van der Waals surface area (Å²) in [6, 6.07) is 9.45. The standard InChI is InChI=1S/C12H15N3O2/c13-10-8-11(16)14-12(17)15(10)7-6-9-4-2-1-3-5-9/h1-5,10H,6-8,13H2,(H,14,16,17). The van der Waals surface area contributed by atoms with Crippen molar-refractivity contribution < 1.29 is 9.59 Å². The molecule has 1 saturated heterocycles. The number of nitrogens with two attached hydrogens (primary N) is 1. The minimum Gasteiger partial charge on any atom is -0.311 e. The lowest BCUT2D eigenvalue weighted by Crippen LogP contribution is -2.58. The maximum absolute atomic E-state index is 11.6. The Bertz CT molecular complexity index is 419. The van der Waals surface area contributed by atoms with Gasteiger partial charge in [0.1, 0.15) is 0 Å². The summed E-state index contributed by atoms with van der Waals surface area (Å²) in [4.78, 5) is 24.1. The summed E-state index contributed by atoms with van der Waals surface area (Å²) < 4.78 is 0. The molecule has 1 fully saturated rings. The van der Waals surface area contributed by atoms with E-state index in [0.29, 0.717) is 6.54 Å². The van der Waals surface area contributed by atoms with Crippen LogP contribution in [0.25, 0.3) is 0 Å². The minimum absolute atomic E-state index is 0.167. The maximum Gasteiger partial charge on any atom is 0.325 e. The number of hydrogen-bond acceptors (Lipinski definition) is 3. The predicted molar refractivity (Wildman–Crippen MR) is 63.0 cm³/mol. The quantitative estimate of drug-likeness (QED) is 0.796. The molecule has 0 bridgehead atoms. The van der Waals surface area contributed by atoms with Crippen LogP contribution in [0.2, 0.25) is 0 Å². The Labute approximate surface area is 99.6 Å². The van der Waals surface area contributed by atoms with Gasteiger partial charge in [0, 0.05) is 6.54 Å². The average molecular weight is 233 g/mol. The van der Waals surface area contributed by atoms with Crippen molar-refractivity contribution in [3.05, 3.63) is 35.9 Å². The van der Waals surface area contributed by atoms with Crippen LogP contribution in [-0.4, -0.2) is 29.5 Å². The van der Waals surface area contributed by atoms with Crippen molar-refractivity contribution in [2.24, 2.45) is 5.73 Å². The lowest BCUT2D eigenvalue weighted by molar-refractivity contribution is -0.122. The number of nitrogens with one attached hydrogen (secondary N) is 1. The topological polar surface area (TPSA) is 75.4 Å². The van der Waals surface area contributed by atoms with Crippen molar-refractivity contribution in [3.8, 4) is 0 Å². The molecule has 5 nitrogen and oxygen atoms in total. The van der Waals surface area contributed by atoms with Crippen molar-refractivity contribution in [2.45, 2.75) is 19.0 Å². The fraction of sp³-hybridized carbons (Fsp3) is 0.333. The highest BCUT2D eigenvalue weighted by molar-refractivity contribution is 5.97. The molecule has 0 spiro atoms. The number of imide groups is 1. The molecular weight excluding hydrogens is 218 g/mol. The molecule has 1 aromatic rings. The molecule has 0 aliphatic carbocycles. The lowest BCUT2D eigenvalue weighted by atomic mass is 10.1. The van der Waals surface area contributed by atoms with Gasteiger partial charge in [0.2, 0.25) is 5.91 Å². The van der Waals surface area contributed by atoms with Gasteiger partial charge in [0.15, 0.2) is 0 Å². The molecule has 1 aromatic carbocycles. The molecule has 5 heteroatoms. The van der Waals surface area contributed by atoms with E-state index in [2.05, 4.69) is 5.32 Å². The normalized spacial score (nSPS) is 20.3. The van der Waals surface area contributed by atoms with Crippen LogP contribution < -0.4 is 11.1 Å². The molecule has 0 aromatic heterocycles. The van der Waals surface area contributed by atoms with Gasteiger partial charge in [-0.05, 0) is 12.0 Å². The molecule has 0 saturated carbocycles. The van der Waals surface area contributed by atoms with Gasteiger partial charge in [-0.25, -0.2) is 4.79 Å². The Balaban J connectivity index is 1.94. The maximum atomic E-state index is 11.6. The fourth-order valence-corrected chi connectivity index (χ4v) is 1.85. The van der Waals surface area contributed by atoms with E-state index in [1.165, 1.54) is 4.90 Å². The highest BCUT2D eigenvalue weighted by atomic mass is 16.2. The Morgan fingerprint density at radius 1 is 1.29 bits per heavy atom. The van der Waals surface area contributed by atoms with E-state index >= 15 is 0 Å². The van der Waals surface area contributed by atoms with Crippen LogP contribution in [0, 0.1) is 0 Å². The van der Waals surface area contributed by atoms with Crippen molar-refractivity contribution in [2.75, 3.05) is 6.54 Å². The second kappa shape index (κ2) is 4.97. The Morgan fingerprint density at radius 2 is 2.00 bits per heavy atom. The van der Waals surface area contributed by atoms with Gasteiger partial charge < -0.3 is 10.6 Å². The van der Waals surface area contributed by atoms with Crippen LogP contribution in [0.1, 0.15) is 12.0 Å². The zero-order valence-corrected chi connectivity index (χ0v) is 9.43. The highest BCUT2D eigenvalue weighted by Crippen LogP contribution is 2.08. The molecule has 0 radical (unpaired) electrons. The van der Waals surface area contributed by atoms with Crippen LogP contribution in [0.3, 0.4) is 0 Å². The molecule has 1 unspecified atom stereocenters. The number of nitrogens with zero attached hydrogens (tertiary/aromatic N) is 1. The Hall–Kier alpha value is -1.88. The SMILES string of the molecule is NC1CC(=O)NC(=O)N1CCc1ccccc1. The van der Waals surface area contributed by atoms with Gasteiger partial charge in [-0.1, -0.05) is 30.3 Å². The molecule has 3 amide bonds. The summed E-state index contributed by atoms with van der Waals surface area (Å²) in [6.45, 7) is 0.518. The van der Waals surface area contributed by atoms with Crippen molar-refractivity contribution in [1.82, 2.24) is 10.2 Å². The smallest absolute Gasteiger partial charge is 0.311 e. The second-order valence-electron chi connectivity index (χ2n) is 4.05. The molecule has 3 N–H and O–H groups in total. The third-order valence-corrected chi connectivity index (χ3v) is 2.79. The van der Waals surface area contributed by atoms with Crippen LogP contribution in [0.4, 0.5) is 4.79 Å². The fourth-order valence-electron chi connectivity index (χ4n) is 1.85. The molecule has 17 heavy (non-hydrogen) atoms.